The summed E-state index contributed by atoms with van der Waals surface area (Å²) >= 11 is 1.60. The molecule has 7 nitrogen and oxygen atoms in total. The minimum atomic E-state index is -0.198. The largest absolute Gasteiger partial charge is 0.347 e. The number of hydrogen-bond donors (Lipinski definition) is 2. The molecule has 3 rings (SSSR count). The predicted octanol–water partition coefficient (Wildman–Crippen LogP) is 1.85. The SMILES string of the molecule is CCc1csc(C(C)Nc2nc3c(cnn3C)c(=O)[nH]2)n1. The van der Waals surface area contributed by atoms with E-state index in [0.717, 1.165) is 17.1 Å². The van der Waals surface area contributed by atoms with Crippen LogP contribution < -0.4 is 10.9 Å². The van der Waals surface area contributed by atoms with Crippen molar-refractivity contribution in [3.63, 3.8) is 0 Å². The zero-order chi connectivity index (χ0) is 15.0. The fraction of sp³-hybridized carbons (Fsp3) is 0.385. The van der Waals surface area contributed by atoms with Crippen molar-refractivity contribution in [3.8, 4) is 0 Å². The molecule has 21 heavy (non-hydrogen) atoms. The molecule has 3 aromatic heterocycles. The summed E-state index contributed by atoms with van der Waals surface area (Å²) in [4.78, 5) is 23.6. The van der Waals surface area contributed by atoms with Crippen LogP contribution in [0.4, 0.5) is 5.95 Å². The Labute approximate surface area is 125 Å². The van der Waals surface area contributed by atoms with Gasteiger partial charge in [-0.1, -0.05) is 6.92 Å². The molecule has 0 saturated heterocycles. The van der Waals surface area contributed by atoms with E-state index in [2.05, 4.69) is 32.3 Å². The van der Waals surface area contributed by atoms with E-state index in [1.54, 1.807) is 23.1 Å². The number of anilines is 1. The number of H-pyrrole nitrogens is 1. The number of hydrogen-bond acceptors (Lipinski definition) is 6. The molecule has 0 fully saturated rings. The average Bonchev–Trinajstić information content (AvgIpc) is 3.07. The van der Waals surface area contributed by atoms with Crippen molar-refractivity contribution >= 4 is 28.3 Å². The van der Waals surface area contributed by atoms with Gasteiger partial charge in [-0.25, -0.2) is 4.98 Å². The van der Waals surface area contributed by atoms with Crippen LogP contribution in [0.1, 0.15) is 30.6 Å². The number of aromatic nitrogens is 5. The second kappa shape index (κ2) is 5.28. The number of fused-ring (bicyclic) bond motifs is 1. The summed E-state index contributed by atoms with van der Waals surface area (Å²) in [6, 6.07) is -0.0240. The van der Waals surface area contributed by atoms with Gasteiger partial charge in [-0.2, -0.15) is 10.1 Å². The van der Waals surface area contributed by atoms with E-state index in [9.17, 15) is 4.79 Å². The maximum atomic E-state index is 12.0. The van der Waals surface area contributed by atoms with E-state index < -0.39 is 0 Å². The molecule has 0 aliphatic rings. The van der Waals surface area contributed by atoms with Gasteiger partial charge in [0.15, 0.2) is 5.65 Å². The Balaban J connectivity index is 1.90. The third-order valence-electron chi connectivity index (χ3n) is 3.26. The molecule has 0 amide bonds. The molecule has 0 aliphatic carbocycles. The van der Waals surface area contributed by atoms with Crippen LogP contribution in [0.5, 0.6) is 0 Å². The van der Waals surface area contributed by atoms with Gasteiger partial charge in [0.1, 0.15) is 10.4 Å². The zero-order valence-electron chi connectivity index (χ0n) is 12.0. The minimum Gasteiger partial charge on any atom is -0.347 e. The van der Waals surface area contributed by atoms with Gasteiger partial charge in [-0.05, 0) is 13.3 Å². The van der Waals surface area contributed by atoms with Crippen molar-refractivity contribution in [1.82, 2.24) is 24.7 Å². The maximum Gasteiger partial charge on any atom is 0.263 e. The van der Waals surface area contributed by atoms with Gasteiger partial charge in [0.2, 0.25) is 5.95 Å². The Bertz CT molecular complexity index is 833. The highest BCUT2D eigenvalue weighted by Gasteiger charge is 2.13. The summed E-state index contributed by atoms with van der Waals surface area (Å²) in [5.41, 5.74) is 1.44. The van der Waals surface area contributed by atoms with E-state index in [1.165, 1.54) is 6.20 Å². The average molecular weight is 304 g/mol. The van der Waals surface area contributed by atoms with Gasteiger partial charge in [-0.15, -0.1) is 11.3 Å². The molecular formula is C13H16N6OS. The maximum absolute atomic E-state index is 12.0. The normalized spacial score (nSPS) is 12.7. The van der Waals surface area contributed by atoms with E-state index in [0.29, 0.717) is 17.0 Å². The van der Waals surface area contributed by atoms with Crippen LogP contribution in [0, 0.1) is 0 Å². The van der Waals surface area contributed by atoms with Crippen LogP contribution in [0.25, 0.3) is 11.0 Å². The standard InChI is InChI=1S/C13H16N6OS/c1-4-8-6-21-12(16-8)7(2)15-13-17-10-9(11(20)18-13)5-14-19(10)3/h5-7H,4H2,1-3H3,(H2,15,17,18,20). The van der Waals surface area contributed by atoms with Crippen LogP contribution in [0.2, 0.25) is 0 Å². The van der Waals surface area contributed by atoms with E-state index >= 15 is 0 Å². The summed E-state index contributed by atoms with van der Waals surface area (Å²) in [5, 5.41) is 10.7. The second-order valence-electron chi connectivity index (χ2n) is 4.82. The van der Waals surface area contributed by atoms with Gasteiger partial charge in [-0.3, -0.25) is 14.5 Å². The van der Waals surface area contributed by atoms with Gasteiger partial charge < -0.3 is 5.32 Å². The lowest BCUT2D eigenvalue weighted by molar-refractivity contribution is 0.782. The van der Waals surface area contributed by atoms with Crippen molar-refractivity contribution in [3.05, 3.63) is 32.6 Å². The molecule has 2 N–H and O–H groups in total. The topological polar surface area (TPSA) is 88.5 Å². The van der Waals surface area contributed by atoms with Crippen molar-refractivity contribution in [2.24, 2.45) is 7.05 Å². The number of aromatic amines is 1. The van der Waals surface area contributed by atoms with Crippen LogP contribution in [0.15, 0.2) is 16.4 Å². The molecule has 0 radical (unpaired) electrons. The highest BCUT2D eigenvalue weighted by Crippen LogP contribution is 2.21. The Morgan fingerprint density at radius 2 is 2.29 bits per heavy atom. The Morgan fingerprint density at radius 3 is 3.00 bits per heavy atom. The Morgan fingerprint density at radius 1 is 1.48 bits per heavy atom. The lowest BCUT2D eigenvalue weighted by atomic mass is 10.3. The number of rotatable bonds is 4. The fourth-order valence-electron chi connectivity index (χ4n) is 2.05. The molecular weight excluding hydrogens is 288 g/mol. The first kappa shape index (κ1) is 13.7. The van der Waals surface area contributed by atoms with Gasteiger partial charge >= 0.3 is 0 Å². The van der Waals surface area contributed by atoms with Gasteiger partial charge in [0.05, 0.1) is 17.9 Å². The number of nitrogens with zero attached hydrogens (tertiary/aromatic N) is 4. The van der Waals surface area contributed by atoms with E-state index in [-0.39, 0.29) is 11.6 Å². The first-order chi connectivity index (χ1) is 10.1. The van der Waals surface area contributed by atoms with Gasteiger partial charge in [0, 0.05) is 12.4 Å². The smallest absolute Gasteiger partial charge is 0.263 e. The third kappa shape index (κ3) is 2.54. The minimum absolute atomic E-state index is 0.0240. The third-order valence-corrected chi connectivity index (χ3v) is 4.33. The first-order valence-electron chi connectivity index (χ1n) is 6.71. The van der Waals surface area contributed by atoms with Gasteiger partial charge in [0.25, 0.3) is 5.56 Å². The van der Waals surface area contributed by atoms with Crippen molar-refractivity contribution < 1.29 is 0 Å². The molecule has 0 saturated carbocycles. The lowest BCUT2D eigenvalue weighted by Crippen LogP contribution is -2.15. The van der Waals surface area contributed by atoms with Crippen LogP contribution in [-0.2, 0) is 13.5 Å². The number of nitrogens with one attached hydrogen (secondary N) is 2. The van der Waals surface area contributed by atoms with Crippen LogP contribution in [0.3, 0.4) is 0 Å². The highest BCUT2D eigenvalue weighted by molar-refractivity contribution is 7.09. The molecule has 3 aromatic rings. The predicted molar refractivity (Wildman–Crippen MR) is 82.7 cm³/mol. The Hall–Kier alpha value is -2.22. The first-order valence-corrected chi connectivity index (χ1v) is 7.59. The summed E-state index contributed by atoms with van der Waals surface area (Å²) < 4.78 is 1.58. The number of thiazole rings is 1. The summed E-state index contributed by atoms with van der Waals surface area (Å²) in [6.45, 7) is 4.07. The van der Waals surface area contributed by atoms with E-state index in [1.807, 2.05) is 12.3 Å². The second-order valence-corrected chi connectivity index (χ2v) is 5.71. The molecule has 1 unspecified atom stereocenters. The monoisotopic (exact) mass is 304 g/mol. The van der Waals surface area contributed by atoms with Crippen molar-refractivity contribution in [2.75, 3.05) is 5.32 Å². The fourth-order valence-corrected chi connectivity index (χ4v) is 2.96. The summed E-state index contributed by atoms with van der Waals surface area (Å²) in [7, 11) is 1.76. The van der Waals surface area contributed by atoms with Crippen molar-refractivity contribution in [2.45, 2.75) is 26.3 Å². The van der Waals surface area contributed by atoms with Crippen molar-refractivity contribution in [1.29, 1.82) is 0 Å². The van der Waals surface area contributed by atoms with Crippen LogP contribution in [-0.4, -0.2) is 24.7 Å². The van der Waals surface area contributed by atoms with E-state index in [4.69, 9.17) is 0 Å². The molecule has 0 spiro atoms. The molecule has 8 heteroatoms. The molecule has 110 valence electrons. The van der Waals surface area contributed by atoms with Crippen LogP contribution >= 0.6 is 11.3 Å². The molecule has 3 heterocycles. The highest BCUT2D eigenvalue weighted by atomic mass is 32.1. The lowest BCUT2D eigenvalue weighted by Gasteiger charge is -2.11. The molecule has 0 bridgehead atoms. The molecule has 0 aliphatic heterocycles. The summed E-state index contributed by atoms with van der Waals surface area (Å²) in [6.07, 6.45) is 2.43. The Kier molecular flexibility index (Phi) is 3.46. The summed E-state index contributed by atoms with van der Waals surface area (Å²) in [5.74, 6) is 0.428. The quantitative estimate of drug-likeness (QED) is 0.768. The zero-order valence-corrected chi connectivity index (χ0v) is 12.9. The molecule has 1 atom stereocenters. The number of aryl methyl sites for hydroxylation is 2. The molecule has 0 aromatic carbocycles.